The molecule has 0 bridgehead atoms. The number of carbonyl (C=O) groups excluding carboxylic acids is 1. The van der Waals surface area contributed by atoms with Crippen molar-refractivity contribution in [3.63, 3.8) is 0 Å². The van der Waals surface area contributed by atoms with E-state index in [1.165, 1.54) is 11.3 Å². The Bertz CT molecular complexity index is 709. The lowest BCUT2D eigenvalue weighted by Crippen LogP contribution is -2.52. The van der Waals surface area contributed by atoms with Crippen molar-refractivity contribution in [3.05, 3.63) is 41.0 Å². The summed E-state index contributed by atoms with van der Waals surface area (Å²) in [7, 11) is 0. The summed E-state index contributed by atoms with van der Waals surface area (Å²) < 4.78 is 5.99. The maximum Gasteiger partial charge on any atom is 0.273 e. The highest BCUT2D eigenvalue weighted by molar-refractivity contribution is 7.07. The van der Waals surface area contributed by atoms with Crippen LogP contribution in [-0.2, 0) is 4.74 Å². The van der Waals surface area contributed by atoms with Gasteiger partial charge in [0.15, 0.2) is 0 Å². The molecule has 2 fully saturated rings. The lowest BCUT2D eigenvalue weighted by molar-refractivity contribution is -0.0151. The smallest absolute Gasteiger partial charge is 0.273 e. The second-order valence-corrected chi connectivity index (χ2v) is 7.47. The molecule has 1 amide bonds. The molecule has 25 heavy (non-hydrogen) atoms. The SMILES string of the molecule is O=C(c1cscn1)N1CC[C@H]2OCC[C@@]2(CCNc2ccccn2)C1. The molecule has 4 rings (SSSR count). The number of carbonyl (C=O) groups is 1. The second-order valence-electron chi connectivity index (χ2n) is 6.75. The van der Waals surface area contributed by atoms with E-state index in [2.05, 4.69) is 15.3 Å². The third-order valence-electron chi connectivity index (χ3n) is 5.30. The average Bonchev–Trinajstić information content (AvgIpc) is 3.31. The molecule has 4 heterocycles. The van der Waals surface area contributed by atoms with Crippen LogP contribution in [0.4, 0.5) is 5.82 Å². The molecule has 0 aromatic carbocycles. The number of hydrogen-bond acceptors (Lipinski definition) is 6. The van der Waals surface area contributed by atoms with Crippen molar-refractivity contribution >= 4 is 23.1 Å². The predicted molar refractivity (Wildman–Crippen MR) is 96.8 cm³/mol. The van der Waals surface area contributed by atoms with E-state index >= 15 is 0 Å². The molecule has 2 aromatic heterocycles. The number of rotatable bonds is 5. The molecule has 0 unspecified atom stereocenters. The Morgan fingerprint density at radius 1 is 1.44 bits per heavy atom. The summed E-state index contributed by atoms with van der Waals surface area (Å²) >= 11 is 1.46. The number of ether oxygens (including phenoxy) is 1. The zero-order chi connectivity index (χ0) is 17.1. The lowest BCUT2D eigenvalue weighted by atomic mass is 9.74. The number of nitrogens with one attached hydrogen (secondary N) is 1. The van der Waals surface area contributed by atoms with Gasteiger partial charge >= 0.3 is 0 Å². The maximum atomic E-state index is 12.7. The molecule has 2 saturated heterocycles. The van der Waals surface area contributed by atoms with E-state index in [1.807, 2.05) is 28.5 Å². The van der Waals surface area contributed by atoms with Crippen molar-refractivity contribution < 1.29 is 9.53 Å². The Morgan fingerprint density at radius 3 is 3.20 bits per heavy atom. The molecule has 0 aliphatic carbocycles. The van der Waals surface area contributed by atoms with Crippen LogP contribution < -0.4 is 5.32 Å². The molecule has 7 heteroatoms. The minimum absolute atomic E-state index is 0.0334. The number of nitrogens with zero attached hydrogens (tertiary/aromatic N) is 3. The van der Waals surface area contributed by atoms with Crippen LogP contribution in [0, 0.1) is 5.41 Å². The number of piperidine rings is 1. The van der Waals surface area contributed by atoms with Crippen LogP contribution in [-0.4, -0.2) is 53.1 Å². The monoisotopic (exact) mass is 358 g/mol. The molecule has 2 aromatic rings. The molecule has 0 spiro atoms. The van der Waals surface area contributed by atoms with Crippen LogP contribution in [0.2, 0.25) is 0 Å². The van der Waals surface area contributed by atoms with Gasteiger partial charge in [-0.05, 0) is 31.4 Å². The average molecular weight is 358 g/mol. The highest BCUT2D eigenvalue weighted by atomic mass is 32.1. The summed E-state index contributed by atoms with van der Waals surface area (Å²) in [5.41, 5.74) is 2.31. The van der Waals surface area contributed by atoms with Gasteiger partial charge in [-0.25, -0.2) is 9.97 Å². The second kappa shape index (κ2) is 7.09. The Balaban J connectivity index is 1.43. The Hall–Kier alpha value is -1.99. The van der Waals surface area contributed by atoms with E-state index in [0.29, 0.717) is 5.69 Å². The highest BCUT2D eigenvalue weighted by Crippen LogP contribution is 2.43. The molecule has 1 N–H and O–H groups in total. The van der Waals surface area contributed by atoms with Gasteiger partial charge in [-0.15, -0.1) is 11.3 Å². The van der Waals surface area contributed by atoms with Crippen LogP contribution in [0.3, 0.4) is 0 Å². The molecule has 2 aliphatic rings. The Kier molecular flexibility index (Phi) is 4.67. The van der Waals surface area contributed by atoms with Crippen molar-refractivity contribution in [2.45, 2.75) is 25.4 Å². The van der Waals surface area contributed by atoms with Gasteiger partial charge in [-0.2, -0.15) is 0 Å². The molecule has 0 saturated carbocycles. The number of amides is 1. The largest absolute Gasteiger partial charge is 0.377 e. The number of anilines is 1. The maximum absolute atomic E-state index is 12.7. The number of likely N-dealkylation sites (tertiary alicyclic amines) is 1. The summed E-state index contributed by atoms with van der Waals surface area (Å²) in [5.74, 6) is 0.934. The summed E-state index contributed by atoms with van der Waals surface area (Å²) in [6.45, 7) is 3.11. The van der Waals surface area contributed by atoms with E-state index in [-0.39, 0.29) is 17.4 Å². The van der Waals surface area contributed by atoms with E-state index in [4.69, 9.17) is 4.74 Å². The van der Waals surface area contributed by atoms with Crippen LogP contribution in [0.1, 0.15) is 29.8 Å². The first-order chi connectivity index (χ1) is 12.3. The fourth-order valence-corrected chi connectivity index (χ4v) is 4.50. The van der Waals surface area contributed by atoms with Crippen molar-refractivity contribution in [3.8, 4) is 0 Å². The normalized spacial score (nSPS) is 25.6. The van der Waals surface area contributed by atoms with E-state index in [1.54, 1.807) is 11.7 Å². The van der Waals surface area contributed by atoms with Gasteiger partial charge in [-0.1, -0.05) is 6.07 Å². The zero-order valence-corrected chi connectivity index (χ0v) is 14.9. The molecule has 6 nitrogen and oxygen atoms in total. The first-order valence-electron chi connectivity index (χ1n) is 8.71. The molecular weight excluding hydrogens is 336 g/mol. The number of thiazole rings is 1. The summed E-state index contributed by atoms with van der Waals surface area (Å²) in [6, 6.07) is 5.86. The van der Waals surface area contributed by atoms with Crippen LogP contribution in [0.5, 0.6) is 0 Å². The van der Waals surface area contributed by atoms with Gasteiger partial charge < -0.3 is 15.0 Å². The van der Waals surface area contributed by atoms with Crippen molar-refractivity contribution in [2.24, 2.45) is 5.41 Å². The molecule has 0 radical (unpaired) electrons. The van der Waals surface area contributed by atoms with Gasteiger partial charge in [0.25, 0.3) is 5.91 Å². The van der Waals surface area contributed by atoms with Gasteiger partial charge in [0.2, 0.25) is 0 Å². The predicted octanol–water partition coefficient (Wildman–Crippen LogP) is 2.66. The first kappa shape index (κ1) is 16.5. The number of fused-ring (bicyclic) bond motifs is 1. The minimum atomic E-state index is 0.0334. The van der Waals surface area contributed by atoms with Crippen molar-refractivity contribution in [1.82, 2.24) is 14.9 Å². The molecular formula is C18H22N4O2S. The van der Waals surface area contributed by atoms with E-state index < -0.39 is 0 Å². The van der Waals surface area contributed by atoms with E-state index in [9.17, 15) is 4.79 Å². The number of hydrogen-bond donors (Lipinski definition) is 1. The summed E-state index contributed by atoms with van der Waals surface area (Å²) in [4.78, 5) is 23.1. The first-order valence-corrected chi connectivity index (χ1v) is 9.65. The van der Waals surface area contributed by atoms with Crippen molar-refractivity contribution in [1.29, 1.82) is 0 Å². The fraction of sp³-hybridized carbons (Fsp3) is 0.500. The van der Waals surface area contributed by atoms with E-state index in [0.717, 1.165) is 51.3 Å². The summed E-state index contributed by atoms with van der Waals surface area (Å²) in [6.07, 6.45) is 4.91. The molecule has 132 valence electrons. The van der Waals surface area contributed by atoms with Gasteiger partial charge in [0, 0.05) is 43.2 Å². The Morgan fingerprint density at radius 2 is 2.40 bits per heavy atom. The minimum Gasteiger partial charge on any atom is -0.377 e. The topological polar surface area (TPSA) is 67.4 Å². The van der Waals surface area contributed by atoms with Crippen LogP contribution >= 0.6 is 11.3 Å². The zero-order valence-electron chi connectivity index (χ0n) is 14.1. The number of aromatic nitrogens is 2. The van der Waals surface area contributed by atoms with Crippen molar-refractivity contribution in [2.75, 3.05) is 31.6 Å². The van der Waals surface area contributed by atoms with Crippen LogP contribution in [0.15, 0.2) is 35.3 Å². The van der Waals surface area contributed by atoms with Gasteiger partial charge in [0.05, 0.1) is 11.6 Å². The van der Waals surface area contributed by atoms with Gasteiger partial charge in [-0.3, -0.25) is 4.79 Å². The third kappa shape index (κ3) is 3.39. The van der Waals surface area contributed by atoms with Gasteiger partial charge in [0.1, 0.15) is 11.5 Å². The van der Waals surface area contributed by atoms with Crippen LogP contribution in [0.25, 0.3) is 0 Å². The highest BCUT2D eigenvalue weighted by Gasteiger charge is 2.48. The number of pyridine rings is 1. The fourth-order valence-electron chi connectivity index (χ4n) is 3.97. The molecule has 2 aliphatic heterocycles. The summed E-state index contributed by atoms with van der Waals surface area (Å²) in [5, 5.41) is 5.22. The molecule has 2 atom stereocenters. The standard InChI is InChI=1S/C18H22N4O2S/c23-17(14-11-25-13-21-14)22-9-4-15-18(12-22,6-10-24-15)5-8-20-16-3-1-2-7-19-16/h1-3,7,11,13,15H,4-6,8-10,12H2,(H,19,20)/t15-,18+/m1/s1. The lowest BCUT2D eigenvalue weighted by Gasteiger charge is -2.43. The third-order valence-corrected chi connectivity index (χ3v) is 5.89. The quantitative estimate of drug-likeness (QED) is 0.890. The Labute approximate surface area is 151 Å².